The van der Waals surface area contributed by atoms with Gasteiger partial charge in [0.25, 0.3) is 0 Å². The van der Waals surface area contributed by atoms with Gasteiger partial charge in [-0.05, 0) is 31.4 Å². The number of fused-ring (bicyclic) bond motifs is 1. The van der Waals surface area contributed by atoms with Gasteiger partial charge in [0.15, 0.2) is 11.5 Å². The maximum atomic E-state index is 12.3. The summed E-state index contributed by atoms with van der Waals surface area (Å²) in [7, 11) is 0. The lowest BCUT2D eigenvalue weighted by atomic mass is 10.2. The van der Waals surface area contributed by atoms with Gasteiger partial charge >= 0.3 is 0 Å². The van der Waals surface area contributed by atoms with Gasteiger partial charge in [0.2, 0.25) is 11.8 Å². The predicted octanol–water partition coefficient (Wildman–Crippen LogP) is 1.65. The predicted molar refractivity (Wildman–Crippen MR) is 83.5 cm³/mol. The molecule has 2 atom stereocenters. The standard InChI is InChI=1S/C17H20N2O4/c20-16(12-10-13(12)17(21)19-5-1-2-6-19)18-11-3-4-14-15(9-11)23-8-7-22-14/h3-4,9,12-13H,1-2,5-8,10H2,(H,18,20). The minimum Gasteiger partial charge on any atom is -0.486 e. The third kappa shape index (κ3) is 2.85. The fourth-order valence-corrected chi connectivity index (χ4v) is 3.29. The Morgan fingerprint density at radius 2 is 1.78 bits per heavy atom. The SMILES string of the molecule is O=C(Nc1ccc2c(c1)OCCO2)C1CC1C(=O)N1CCCC1. The molecule has 1 aromatic rings. The van der Waals surface area contributed by atoms with Gasteiger partial charge in [-0.25, -0.2) is 0 Å². The zero-order valence-corrected chi connectivity index (χ0v) is 12.9. The number of nitrogens with one attached hydrogen (secondary N) is 1. The third-order valence-corrected chi connectivity index (χ3v) is 4.67. The number of carbonyl (C=O) groups is 2. The molecule has 1 N–H and O–H groups in total. The van der Waals surface area contributed by atoms with E-state index in [1.54, 1.807) is 18.2 Å². The lowest BCUT2D eigenvalue weighted by Crippen LogP contribution is -2.30. The Labute approximate surface area is 134 Å². The summed E-state index contributed by atoms with van der Waals surface area (Å²) in [5, 5.41) is 2.88. The Morgan fingerprint density at radius 3 is 2.57 bits per heavy atom. The number of nitrogens with zero attached hydrogens (tertiary/aromatic N) is 1. The fourth-order valence-electron chi connectivity index (χ4n) is 3.29. The summed E-state index contributed by atoms with van der Waals surface area (Å²) < 4.78 is 11.0. The highest BCUT2D eigenvalue weighted by Crippen LogP contribution is 2.42. The van der Waals surface area contributed by atoms with E-state index in [0.29, 0.717) is 36.8 Å². The quantitative estimate of drug-likeness (QED) is 0.921. The molecule has 122 valence electrons. The van der Waals surface area contributed by atoms with Crippen LogP contribution in [0, 0.1) is 11.8 Å². The summed E-state index contributed by atoms with van der Waals surface area (Å²) in [6.07, 6.45) is 2.81. The summed E-state index contributed by atoms with van der Waals surface area (Å²) in [6.45, 7) is 2.73. The van der Waals surface area contributed by atoms with Crippen LogP contribution < -0.4 is 14.8 Å². The molecule has 1 saturated carbocycles. The average Bonchev–Trinajstić information content (AvgIpc) is 3.19. The summed E-state index contributed by atoms with van der Waals surface area (Å²) in [5.74, 6) is 1.07. The third-order valence-electron chi connectivity index (χ3n) is 4.67. The maximum Gasteiger partial charge on any atom is 0.228 e. The van der Waals surface area contributed by atoms with E-state index in [-0.39, 0.29) is 23.7 Å². The van der Waals surface area contributed by atoms with Gasteiger partial charge in [-0.1, -0.05) is 0 Å². The summed E-state index contributed by atoms with van der Waals surface area (Å²) >= 11 is 0. The molecule has 1 aliphatic carbocycles. The molecule has 2 unspecified atom stereocenters. The molecule has 0 spiro atoms. The number of amides is 2. The largest absolute Gasteiger partial charge is 0.486 e. The Kier molecular flexibility index (Phi) is 3.59. The van der Waals surface area contributed by atoms with Crippen molar-refractivity contribution in [2.75, 3.05) is 31.6 Å². The Bertz CT molecular complexity index is 639. The van der Waals surface area contributed by atoms with Crippen molar-refractivity contribution < 1.29 is 19.1 Å². The highest BCUT2D eigenvalue weighted by atomic mass is 16.6. The first-order valence-electron chi connectivity index (χ1n) is 8.22. The second-order valence-electron chi connectivity index (χ2n) is 6.33. The molecule has 4 rings (SSSR count). The molecule has 0 aromatic heterocycles. The average molecular weight is 316 g/mol. The Balaban J connectivity index is 1.36. The van der Waals surface area contributed by atoms with Crippen molar-refractivity contribution in [1.82, 2.24) is 4.90 Å². The van der Waals surface area contributed by atoms with E-state index in [4.69, 9.17) is 9.47 Å². The van der Waals surface area contributed by atoms with Crippen LogP contribution in [0.5, 0.6) is 11.5 Å². The summed E-state index contributed by atoms with van der Waals surface area (Å²) in [6, 6.07) is 5.36. The number of rotatable bonds is 3. The number of anilines is 1. The molecule has 1 aromatic carbocycles. The number of carbonyl (C=O) groups excluding carboxylic acids is 2. The zero-order valence-electron chi connectivity index (χ0n) is 12.9. The van der Waals surface area contributed by atoms with Crippen molar-refractivity contribution in [2.45, 2.75) is 19.3 Å². The summed E-state index contributed by atoms with van der Waals surface area (Å²) in [4.78, 5) is 26.5. The van der Waals surface area contributed by atoms with E-state index in [9.17, 15) is 9.59 Å². The minimum absolute atomic E-state index is 0.0841. The second kappa shape index (κ2) is 5.76. The van der Waals surface area contributed by atoms with Gasteiger partial charge in [-0.2, -0.15) is 0 Å². The molecule has 6 nitrogen and oxygen atoms in total. The molecule has 1 saturated heterocycles. The molecule has 23 heavy (non-hydrogen) atoms. The molecule has 0 bridgehead atoms. The van der Waals surface area contributed by atoms with Gasteiger partial charge in [0.05, 0.1) is 11.8 Å². The number of hydrogen-bond acceptors (Lipinski definition) is 4. The molecule has 2 fully saturated rings. The normalized spacial score (nSPS) is 25.1. The smallest absolute Gasteiger partial charge is 0.228 e. The van der Waals surface area contributed by atoms with Crippen LogP contribution in [0.4, 0.5) is 5.69 Å². The topological polar surface area (TPSA) is 67.9 Å². The first kappa shape index (κ1) is 14.4. The van der Waals surface area contributed by atoms with Gasteiger partial charge in [0, 0.05) is 24.8 Å². The molecule has 2 amide bonds. The number of likely N-dealkylation sites (tertiary alicyclic amines) is 1. The van der Waals surface area contributed by atoms with Crippen molar-refractivity contribution in [2.24, 2.45) is 11.8 Å². The Hall–Kier alpha value is -2.24. The van der Waals surface area contributed by atoms with E-state index in [1.165, 1.54) is 0 Å². The van der Waals surface area contributed by atoms with E-state index in [1.807, 2.05) is 4.90 Å². The highest BCUT2D eigenvalue weighted by Gasteiger charge is 2.49. The van der Waals surface area contributed by atoms with E-state index in [2.05, 4.69) is 5.32 Å². The fraction of sp³-hybridized carbons (Fsp3) is 0.529. The molecule has 2 aliphatic heterocycles. The van der Waals surface area contributed by atoms with Crippen molar-refractivity contribution in [3.05, 3.63) is 18.2 Å². The van der Waals surface area contributed by atoms with Gasteiger partial charge < -0.3 is 19.7 Å². The molecule has 2 heterocycles. The molecule has 0 radical (unpaired) electrons. The van der Waals surface area contributed by atoms with Crippen molar-refractivity contribution in [3.63, 3.8) is 0 Å². The zero-order chi connectivity index (χ0) is 15.8. The highest BCUT2D eigenvalue weighted by molar-refractivity contribution is 5.99. The lowest BCUT2D eigenvalue weighted by molar-refractivity contribution is -0.133. The van der Waals surface area contributed by atoms with Gasteiger partial charge in [-0.15, -0.1) is 0 Å². The van der Waals surface area contributed by atoms with E-state index < -0.39 is 0 Å². The lowest BCUT2D eigenvalue weighted by Gasteiger charge is -2.19. The van der Waals surface area contributed by atoms with Crippen LogP contribution >= 0.6 is 0 Å². The van der Waals surface area contributed by atoms with Gasteiger partial charge in [0.1, 0.15) is 13.2 Å². The van der Waals surface area contributed by atoms with Gasteiger partial charge in [-0.3, -0.25) is 9.59 Å². The van der Waals surface area contributed by atoms with Crippen LogP contribution in [0.25, 0.3) is 0 Å². The number of ether oxygens (including phenoxy) is 2. The first-order chi connectivity index (χ1) is 11.2. The summed E-state index contributed by atoms with van der Waals surface area (Å²) in [5.41, 5.74) is 0.679. The van der Waals surface area contributed by atoms with Crippen molar-refractivity contribution in [1.29, 1.82) is 0 Å². The van der Waals surface area contributed by atoms with Crippen LogP contribution in [-0.2, 0) is 9.59 Å². The molecular weight excluding hydrogens is 296 g/mol. The maximum absolute atomic E-state index is 12.3. The second-order valence-corrected chi connectivity index (χ2v) is 6.33. The molecular formula is C17H20N2O4. The van der Waals surface area contributed by atoms with Crippen LogP contribution in [0.15, 0.2) is 18.2 Å². The molecule has 6 heteroatoms. The van der Waals surface area contributed by atoms with E-state index in [0.717, 1.165) is 25.9 Å². The Morgan fingerprint density at radius 1 is 1.04 bits per heavy atom. The van der Waals surface area contributed by atoms with E-state index >= 15 is 0 Å². The number of benzene rings is 1. The molecule has 3 aliphatic rings. The van der Waals surface area contributed by atoms with Crippen LogP contribution in [0.3, 0.4) is 0 Å². The van der Waals surface area contributed by atoms with Crippen molar-refractivity contribution >= 4 is 17.5 Å². The van der Waals surface area contributed by atoms with Crippen molar-refractivity contribution in [3.8, 4) is 11.5 Å². The number of hydrogen-bond donors (Lipinski definition) is 1. The van der Waals surface area contributed by atoms with Crippen LogP contribution in [0.1, 0.15) is 19.3 Å². The first-order valence-corrected chi connectivity index (χ1v) is 8.22. The van der Waals surface area contributed by atoms with Crippen LogP contribution in [-0.4, -0.2) is 43.0 Å². The minimum atomic E-state index is -0.198. The van der Waals surface area contributed by atoms with Crippen LogP contribution in [0.2, 0.25) is 0 Å². The monoisotopic (exact) mass is 316 g/mol.